The van der Waals surface area contributed by atoms with E-state index in [1.165, 1.54) is 0 Å². The first kappa shape index (κ1) is 17.7. The van der Waals surface area contributed by atoms with Crippen molar-refractivity contribution >= 4 is 34.5 Å². The van der Waals surface area contributed by atoms with Crippen molar-refractivity contribution in [3.05, 3.63) is 70.0 Å². The Balaban J connectivity index is 1.55. The highest BCUT2D eigenvalue weighted by Gasteiger charge is 2.09. The van der Waals surface area contributed by atoms with Crippen LogP contribution < -0.4 is 16.4 Å². The van der Waals surface area contributed by atoms with Crippen LogP contribution >= 0.6 is 11.8 Å². The number of H-pyrrole nitrogens is 1. The number of fused-ring (bicyclic) bond motifs is 1. The predicted molar refractivity (Wildman–Crippen MR) is 99.9 cm³/mol. The Morgan fingerprint density at radius 3 is 2.58 bits per heavy atom. The first-order valence-electron chi connectivity index (χ1n) is 7.80. The maximum absolute atomic E-state index is 12.0. The Hall–Kier alpha value is -3.13. The van der Waals surface area contributed by atoms with Gasteiger partial charge in [0.15, 0.2) is 5.16 Å². The summed E-state index contributed by atoms with van der Waals surface area (Å²) in [6, 6.07) is 13.9. The first-order chi connectivity index (χ1) is 12.5. The van der Waals surface area contributed by atoms with Crippen LogP contribution in [0.4, 0.5) is 0 Å². The maximum Gasteiger partial charge on any atom is 0.269 e. The van der Waals surface area contributed by atoms with Crippen LogP contribution in [0.5, 0.6) is 0 Å². The van der Waals surface area contributed by atoms with Crippen LogP contribution in [0, 0.1) is 6.92 Å². The topological polar surface area (TPSA) is 104 Å². The average molecular weight is 368 g/mol. The number of hydrogen-bond acceptors (Lipinski definition) is 5. The van der Waals surface area contributed by atoms with Gasteiger partial charge in [-0.1, -0.05) is 41.6 Å². The molecule has 0 bridgehead atoms. The van der Waals surface area contributed by atoms with Crippen LogP contribution in [0.15, 0.2) is 58.5 Å². The minimum atomic E-state index is -0.411. The molecule has 2 amide bonds. The molecule has 8 heteroatoms. The lowest BCUT2D eigenvalue weighted by atomic mass is 10.1. The summed E-state index contributed by atoms with van der Waals surface area (Å²) in [5.41, 5.74) is 6.48. The SMILES string of the molecule is Cc1ccc(C(=O)NNC(=O)CSc2nc3ccccc3c(=O)[nH]2)cc1. The van der Waals surface area contributed by atoms with Gasteiger partial charge in [-0.25, -0.2) is 4.98 Å². The summed E-state index contributed by atoms with van der Waals surface area (Å²) in [5.74, 6) is -0.818. The van der Waals surface area contributed by atoms with Gasteiger partial charge < -0.3 is 4.98 Å². The molecule has 2 aromatic carbocycles. The molecule has 1 aromatic heterocycles. The van der Waals surface area contributed by atoms with E-state index in [0.29, 0.717) is 21.6 Å². The van der Waals surface area contributed by atoms with E-state index in [-0.39, 0.29) is 11.3 Å². The van der Waals surface area contributed by atoms with E-state index in [0.717, 1.165) is 17.3 Å². The molecule has 7 nitrogen and oxygen atoms in total. The number of aromatic nitrogens is 2. The number of aromatic amines is 1. The summed E-state index contributed by atoms with van der Waals surface area (Å²) < 4.78 is 0. The molecule has 0 aliphatic carbocycles. The third-order valence-electron chi connectivity index (χ3n) is 3.56. The highest BCUT2D eigenvalue weighted by molar-refractivity contribution is 7.99. The number of nitrogens with zero attached hydrogens (tertiary/aromatic N) is 1. The molecule has 0 saturated carbocycles. The van der Waals surface area contributed by atoms with E-state index in [2.05, 4.69) is 20.8 Å². The number of amides is 2. The molecule has 0 saturated heterocycles. The molecule has 26 heavy (non-hydrogen) atoms. The standard InChI is InChI=1S/C18H16N4O3S/c1-11-6-8-12(9-7-11)16(24)22-21-15(23)10-26-18-19-14-5-3-2-4-13(14)17(25)20-18/h2-9H,10H2,1H3,(H,21,23)(H,22,24)(H,19,20,25). The lowest BCUT2D eigenvalue weighted by Gasteiger charge is -2.07. The number of hydrogen-bond donors (Lipinski definition) is 3. The third-order valence-corrected chi connectivity index (χ3v) is 4.43. The van der Waals surface area contributed by atoms with Gasteiger partial charge in [0, 0.05) is 5.56 Å². The Morgan fingerprint density at radius 1 is 1.08 bits per heavy atom. The fourth-order valence-corrected chi connectivity index (χ4v) is 2.87. The number of carbonyl (C=O) groups excluding carboxylic acids is 2. The number of hydrazine groups is 1. The fourth-order valence-electron chi connectivity index (χ4n) is 2.21. The van der Waals surface area contributed by atoms with Gasteiger partial charge in [-0.05, 0) is 31.2 Å². The molecule has 0 spiro atoms. The van der Waals surface area contributed by atoms with Crippen molar-refractivity contribution in [3.8, 4) is 0 Å². The number of thioether (sulfide) groups is 1. The van der Waals surface area contributed by atoms with Crippen LogP contribution in [-0.4, -0.2) is 27.5 Å². The van der Waals surface area contributed by atoms with Gasteiger partial charge in [0.05, 0.1) is 16.7 Å². The molecule has 0 fully saturated rings. The van der Waals surface area contributed by atoms with E-state index < -0.39 is 11.8 Å². The maximum atomic E-state index is 12.0. The highest BCUT2D eigenvalue weighted by atomic mass is 32.2. The molecule has 1 heterocycles. The van der Waals surface area contributed by atoms with Gasteiger partial charge in [0.25, 0.3) is 11.5 Å². The molecule has 3 aromatic rings. The molecule has 132 valence electrons. The quantitative estimate of drug-likeness (QED) is 0.370. The Bertz CT molecular complexity index is 1010. The molecular weight excluding hydrogens is 352 g/mol. The highest BCUT2D eigenvalue weighted by Crippen LogP contribution is 2.14. The largest absolute Gasteiger partial charge is 0.301 e. The van der Waals surface area contributed by atoms with Gasteiger partial charge in [-0.2, -0.15) is 0 Å². The number of nitrogens with one attached hydrogen (secondary N) is 3. The van der Waals surface area contributed by atoms with Crippen molar-refractivity contribution in [2.24, 2.45) is 0 Å². The number of benzene rings is 2. The number of para-hydroxylation sites is 1. The second kappa shape index (κ2) is 7.83. The molecule has 0 aliphatic heterocycles. The van der Waals surface area contributed by atoms with E-state index in [1.807, 2.05) is 19.1 Å². The van der Waals surface area contributed by atoms with Gasteiger partial charge in [0.1, 0.15) is 0 Å². The van der Waals surface area contributed by atoms with E-state index in [4.69, 9.17) is 0 Å². The first-order valence-corrected chi connectivity index (χ1v) is 8.79. The van der Waals surface area contributed by atoms with Crippen LogP contribution in [0.25, 0.3) is 10.9 Å². The monoisotopic (exact) mass is 368 g/mol. The smallest absolute Gasteiger partial charge is 0.269 e. The van der Waals surface area contributed by atoms with Gasteiger partial charge >= 0.3 is 0 Å². The molecule has 3 rings (SSSR count). The molecule has 0 aliphatic rings. The van der Waals surface area contributed by atoms with Crippen LogP contribution in [0.2, 0.25) is 0 Å². The minimum Gasteiger partial charge on any atom is -0.301 e. The van der Waals surface area contributed by atoms with E-state index in [9.17, 15) is 14.4 Å². The lowest BCUT2D eigenvalue weighted by Crippen LogP contribution is -2.42. The van der Waals surface area contributed by atoms with Crippen LogP contribution in [0.1, 0.15) is 15.9 Å². The number of carbonyl (C=O) groups is 2. The summed E-state index contributed by atoms with van der Waals surface area (Å²) in [5, 5.41) is 0.834. The minimum absolute atomic E-state index is 0.00451. The molecule has 0 radical (unpaired) electrons. The zero-order chi connectivity index (χ0) is 18.5. The molecule has 0 atom stereocenters. The zero-order valence-electron chi connectivity index (χ0n) is 13.9. The molecule has 3 N–H and O–H groups in total. The summed E-state index contributed by atoms with van der Waals surface area (Å²) in [6.45, 7) is 1.92. The van der Waals surface area contributed by atoms with Gasteiger partial charge in [0.2, 0.25) is 5.91 Å². The zero-order valence-corrected chi connectivity index (χ0v) is 14.7. The average Bonchev–Trinajstić information content (AvgIpc) is 2.65. The fraction of sp³-hybridized carbons (Fsp3) is 0.111. The van der Waals surface area contributed by atoms with E-state index >= 15 is 0 Å². The van der Waals surface area contributed by atoms with Gasteiger partial charge in [-0.3, -0.25) is 25.2 Å². The number of rotatable bonds is 4. The Labute approximate surface area is 153 Å². The Morgan fingerprint density at radius 2 is 1.81 bits per heavy atom. The lowest BCUT2D eigenvalue weighted by molar-refractivity contribution is -0.119. The van der Waals surface area contributed by atoms with Crippen LogP contribution in [0.3, 0.4) is 0 Å². The summed E-state index contributed by atoms with van der Waals surface area (Å²) in [4.78, 5) is 42.7. The second-order valence-corrected chi connectivity index (χ2v) is 6.51. The van der Waals surface area contributed by atoms with Crippen molar-refractivity contribution in [3.63, 3.8) is 0 Å². The van der Waals surface area contributed by atoms with Gasteiger partial charge in [-0.15, -0.1) is 0 Å². The van der Waals surface area contributed by atoms with Crippen molar-refractivity contribution in [1.29, 1.82) is 0 Å². The second-order valence-electron chi connectivity index (χ2n) is 5.55. The van der Waals surface area contributed by atoms with Crippen molar-refractivity contribution < 1.29 is 9.59 Å². The van der Waals surface area contributed by atoms with Crippen molar-refractivity contribution in [2.75, 3.05) is 5.75 Å². The van der Waals surface area contributed by atoms with E-state index in [1.54, 1.807) is 36.4 Å². The molecule has 0 unspecified atom stereocenters. The summed E-state index contributed by atoms with van der Waals surface area (Å²) in [7, 11) is 0. The summed E-state index contributed by atoms with van der Waals surface area (Å²) in [6.07, 6.45) is 0. The van der Waals surface area contributed by atoms with Crippen LogP contribution in [-0.2, 0) is 4.79 Å². The predicted octanol–water partition coefficient (Wildman–Crippen LogP) is 1.78. The normalized spacial score (nSPS) is 10.5. The van der Waals surface area contributed by atoms with Crippen molar-refractivity contribution in [2.45, 2.75) is 12.1 Å². The molecular formula is C18H16N4O3S. The summed E-state index contributed by atoms with van der Waals surface area (Å²) >= 11 is 1.08. The van der Waals surface area contributed by atoms with Crippen molar-refractivity contribution in [1.82, 2.24) is 20.8 Å². The third kappa shape index (κ3) is 4.28. The Kier molecular flexibility index (Phi) is 5.33. The number of aryl methyl sites for hydroxylation is 1.